The summed E-state index contributed by atoms with van der Waals surface area (Å²) in [6, 6.07) is 2.88. The highest BCUT2D eigenvalue weighted by atomic mass is 19.4. The number of aliphatic carboxylic acids is 1. The number of carbonyl (C=O) groups is 3. The van der Waals surface area contributed by atoms with Crippen LogP contribution in [0, 0.1) is 5.92 Å². The van der Waals surface area contributed by atoms with E-state index in [0.717, 1.165) is 12.1 Å². The van der Waals surface area contributed by atoms with Crippen molar-refractivity contribution in [1.29, 1.82) is 0 Å². The number of carbonyl (C=O) groups excluding carboxylic acids is 2. The second-order valence-electron chi connectivity index (χ2n) is 6.37. The van der Waals surface area contributed by atoms with Crippen LogP contribution >= 0.6 is 0 Å². The summed E-state index contributed by atoms with van der Waals surface area (Å²) in [6.45, 7) is 3.63. The first-order valence-electron chi connectivity index (χ1n) is 8.06. The van der Waals surface area contributed by atoms with Crippen LogP contribution < -0.4 is 15.8 Å². The van der Waals surface area contributed by atoms with Crippen molar-refractivity contribution < 1.29 is 37.4 Å². The van der Waals surface area contributed by atoms with Crippen LogP contribution in [-0.4, -0.2) is 41.2 Å². The summed E-state index contributed by atoms with van der Waals surface area (Å²) in [5, 5.41) is 11.5. The number of halogens is 3. The summed E-state index contributed by atoms with van der Waals surface area (Å²) < 4.78 is 40.6. The molecular formula is C17H21F3N2O5. The van der Waals surface area contributed by atoms with E-state index in [-0.39, 0.29) is 24.5 Å². The van der Waals surface area contributed by atoms with E-state index in [2.05, 4.69) is 10.1 Å². The molecule has 2 atom stereocenters. The predicted molar refractivity (Wildman–Crippen MR) is 88.8 cm³/mol. The number of rotatable bonds is 8. The Morgan fingerprint density at radius 2 is 1.74 bits per heavy atom. The monoisotopic (exact) mass is 390 g/mol. The first-order valence-corrected chi connectivity index (χ1v) is 8.06. The molecule has 0 fully saturated rings. The van der Waals surface area contributed by atoms with Crippen molar-refractivity contribution in [1.82, 2.24) is 5.32 Å². The van der Waals surface area contributed by atoms with Gasteiger partial charge in [0.25, 0.3) is 0 Å². The number of benzene rings is 1. The number of nitrogens with one attached hydrogen (secondary N) is 1. The fourth-order valence-corrected chi connectivity index (χ4v) is 2.18. The van der Waals surface area contributed by atoms with Crippen LogP contribution in [-0.2, 0) is 20.8 Å². The Hall–Kier alpha value is -2.62. The maximum Gasteiger partial charge on any atom is 0.491 e. The molecule has 1 amide bonds. The van der Waals surface area contributed by atoms with Crippen LogP contribution in [0.3, 0.4) is 0 Å². The van der Waals surface area contributed by atoms with Gasteiger partial charge in [-0.2, -0.15) is 13.2 Å². The average molecular weight is 390 g/mol. The fraction of sp³-hybridized carbons (Fsp3) is 0.471. The molecule has 0 bridgehead atoms. The van der Waals surface area contributed by atoms with Crippen molar-refractivity contribution in [2.75, 3.05) is 0 Å². The largest absolute Gasteiger partial charge is 0.491 e. The molecular weight excluding hydrogens is 369 g/mol. The molecule has 1 rings (SSSR count). The lowest BCUT2D eigenvalue weighted by atomic mass is 10.0. The van der Waals surface area contributed by atoms with Gasteiger partial charge in [0.15, 0.2) is 0 Å². The SMILES string of the molecule is CC(C)C[C@H](NC(=O)[C@@H](N)Cc1ccc(OC(=O)C(F)(F)F)cc1)C(=O)O. The van der Waals surface area contributed by atoms with Gasteiger partial charge in [-0.05, 0) is 36.5 Å². The molecule has 0 aliphatic rings. The smallest absolute Gasteiger partial charge is 0.480 e. The zero-order valence-corrected chi connectivity index (χ0v) is 14.7. The van der Waals surface area contributed by atoms with E-state index in [0.29, 0.717) is 5.56 Å². The van der Waals surface area contributed by atoms with Crippen LogP contribution in [0.15, 0.2) is 24.3 Å². The van der Waals surface area contributed by atoms with Gasteiger partial charge in [-0.1, -0.05) is 26.0 Å². The van der Waals surface area contributed by atoms with Crippen molar-refractivity contribution >= 4 is 17.8 Å². The van der Waals surface area contributed by atoms with Crippen LogP contribution in [0.2, 0.25) is 0 Å². The number of ether oxygens (including phenoxy) is 1. The molecule has 4 N–H and O–H groups in total. The lowest BCUT2D eigenvalue weighted by molar-refractivity contribution is -0.189. The lowest BCUT2D eigenvalue weighted by Gasteiger charge is -2.19. The molecule has 1 aromatic carbocycles. The minimum Gasteiger partial charge on any atom is -0.480 e. The van der Waals surface area contributed by atoms with Crippen LogP contribution in [0.5, 0.6) is 5.75 Å². The zero-order valence-electron chi connectivity index (χ0n) is 14.7. The minimum atomic E-state index is -5.10. The van der Waals surface area contributed by atoms with Crippen molar-refractivity contribution in [2.24, 2.45) is 11.7 Å². The van der Waals surface area contributed by atoms with E-state index < -0.39 is 36.1 Å². The Morgan fingerprint density at radius 3 is 2.19 bits per heavy atom. The van der Waals surface area contributed by atoms with Gasteiger partial charge in [-0.15, -0.1) is 0 Å². The Kier molecular flexibility index (Phi) is 7.77. The van der Waals surface area contributed by atoms with Gasteiger partial charge >= 0.3 is 18.1 Å². The van der Waals surface area contributed by atoms with Crippen molar-refractivity contribution in [2.45, 2.75) is 44.9 Å². The number of hydrogen-bond donors (Lipinski definition) is 3. The summed E-state index contributed by atoms with van der Waals surface area (Å²) >= 11 is 0. The van der Waals surface area contributed by atoms with Gasteiger partial charge in [0.1, 0.15) is 11.8 Å². The number of carboxylic acids is 1. The molecule has 7 nitrogen and oxygen atoms in total. The standard InChI is InChI=1S/C17H21F3N2O5/c1-9(2)7-13(15(24)25)22-14(23)12(21)8-10-3-5-11(6-4-10)27-16(26)17(18,19)20/h3-6,9,12-13H,7-8,21H2,1-2H3,(H,22,23)(H,24,25)/t12-,13-/m0/s1. The number of alkyl halides is 3. The Balaban J connectivity index is 2.65. The molecule has 0 saturated carbocycles. The summed E-state index contributed by atoms with van der Waals surface area (Å²) in [4.78, 5) is 34.0. The van der Waals surface area contributed by atoms with E-state index in [1.165, 1.54) is 12.1 Å². The number of hydrogen-bond acceptors (Lipinski definition) is 5. The maximum atomic E-state index is 12.1. The van der Waals surface area contributed by atoms with Crippen LogP contribution in [0.1, 0.15) is 25.8 Å². The summed E-state index contributed by atoms with van der Waals surface area (Å²) in [7, 11) is 0. The predicted octanol–water partition coefficient (Wildman–Crippen LogP) is 1.64. The highest BCUT2D eigenvalue weighted by molar-refractivity contribution is 5.87. The molecule has 0 saturated heterocycles. The normalized spacial score (nSPS) is 13.7. The number of carboxylic acid groups (broad SMARTS) is 1. The van der Waals surface area contributed by atoms with Crippen LogP contribution in [0.25, 0.3) is 0 Å². The topological polar surface area (TPSA) is 119 Å². The number of esters is 1. The Labute approximate surface area is 153 Å². The summed E-state index contributed by atoms with van der Waals surface area (Å²) in [5.41, 5.74) is 6.27. The van der Waals surface area contributed by atoms with Gasteiger partial charge in [0.2, 0.25) is 5.91 Å². The van der Waals surface area contributed by atoms with Gasteiger partial charge in [0, 0.05) is 0 Å². The third-order valence-electron chi connectivity index (χ3n) is 3.48. The Bertz CT molecular complexity index is 674. The van der Waals surface area contributed by atoms with E-state index >= 15 is 0 Å². The van der Waals surface area contributed by atoms with Gasteiger partial charge in [0.05, 0.1) is 6.04 Å². The van der Waals surface area contributed by atoms with E-state index in [1.54, 1.807) is 0 Å². The van der Waals surface area contributed by atoms with Crippen molar-refractivity contribution in [3.63, 3.8) is 0 Å². The third kappa shape index (κ3) is 7.65. The molecule has 0 spiro atoms. The van der Waals surface area contributed by atoms with Gasteiger partial charge in [-0.3, -0.25) is 4.79 Å². The van der Waals surface area contributed by atoms with Crippen LogP contribution in [0.4, 0.5) is 13.2 Å². The van der Waals surface area contributed by atoms with Gasteiger partial charge < -0.3 is 20.9 Å². The molecule has 0 radical (unpaired) electrons. The van der Waals surface area contributed by atoms with E-state index in [4.69, 9.17) is 10.8 Å². The van der Waals surface area contributed by atoms with Crippen molar-refractivity contribution in [3.8, 4) is 5.75 Å². The molecule has 1 aromatic rings. The fourth-order valence-electron chi connectivity index (χ4n) is 2.18. The highest BCUT2D eigenvalue weighted by Gasteiger charge is 2.41. The molecule has 0 aromatic heterocycles. The van der Waals surface area contributed by atoms with Gasteiger partial charge in [-0.25, -0.2) is 9.59 Å². The summed E-state index contributed by atoms with van der Waals surface area (Å²) in [6.07, 6.45) is -4.84. The second kappa shape index (κ2) is 9.36. The molecule has 0 aliphatic heterocycles. The Morgan fingerprint density at radius 1 is 1.19 bits per heavy atom. The minimum absolute atomic E-state index is 0.0212. The average Bonchev–Trinajstić information content (AvgIpc) is 2.54. The first kappa shape index (κ1) is 22.4. The molecule has 150 valence electrons. The van der Waals surface area contributed by atoms with Crippen molar-refractivity contribution in [3.05, 3.63) is 29.8 Å². The maximum absolute atomic E-state index is 12.1. The first-order chi connectivity index (χ1) is 12.4. The zero-order chi connectivity index (χ0) is 20.8. The molecule has 0 unspecified atom stereocenters. The number of amides is 1. The van der Waals surface area contributed by atoms with E-state index in [9.17, 15) is 27.6 Å². The lowest BCUT2D eigenvalue weighted by Crippen LogP contribution is -2.49. The molecule has 10 heteroatoms. The highest BCUT2D eigenvalue weighted by Crippen LogP contribution is 2.20. The van der Waals surface area contributed by atoms with E-state index in [1.807, 2.05) is 13.8 Å². The second-order valence-corrected chi connectivity index (χ2v) is 6.37. The third-order valence-corrected chi connectivity index (χ3v) is 3.48. The number of nitrogens with two attached hydrogens (primary N) is 1. The molecule has 0 heterocycles. The molecule has 27 heavy (non-hydrogen) atoms. The quantitative estimate of drug-likeness (QED) is 0.459. The molecule has 0 aliphatic carbocycles. The summed E-state index contributed by atoms with van der Waals surface area (Å²) in [5.74, 6) is -4.41.